The van der Waals surface area contributed by atoms with Crippen molar-refractivity contribution in [3.8, 4) is 0 Å². The van der Waals surface area contributed by atoms with E-state index in [0.29, 0.717) is 16.6 Å². The van der Waals surface area contributed by atoms with Gasteiger partial charge in [-0.1, -0.05) is 44.2 Å². The van der Waals surface area contributed by atoms with Gasteiger partial charge >= 0.3 is 0 Å². The summed E-state index contributed by atoms with van der Waals surface area (Å²) in [6.07, 6.45) is 8.03. The fourth-order valence-corrected chi connectivity index (χ4v) is 3.28. The Hall–Kier alpha value is -2.37. The van der Waals surface area contributed by atoms with Gasteiger partial charge in [0.2, 0.25) is 0 Å². The summed E-state index contributed by atoms with van der Waals surface area (Å²) in [7, 11) is 0. The molecule has 1 aliphatic rings. The number of fused-ring (bicyclic) bond motifs is 1. The van der Waals surface area contributed by atoms with Crippen LogP contribution < -0.4 is 5.32 Å². The van der Waals surface area contributed by atoms with Crippen molar-refractivity contribution in [3.63, 3.8) is 0 Å². The minimum atomic E-state index is -0.435. The number of nitrogens with zero attached hydrogens (tertiary/aromatic N) is 1. The van der Waals surface area contributed by atoms with Crippen LogP contribution in [-0.2, 0) is 0 Å². The molecule has 0 bridgehead atoms. The Labute approximate surface area is 134 Å². The molecule has 1 aromatic heterocycles. The number of carbonyl (C=O) groups is 1. The number of nitro groups is 1. The average Bonchev–Trinajstić information content (AvgIpc) is 2.93. The molecule has 1 fully saturated rings. The van der Waals surface area contributed by atoms with E-state index in [1.54, 1.807) is 18.2 Å². The van der Waals surface area contributed by atoms with Crippen LogP contribution in [-0.4, -0.2) is 21.9 Å². The summed E-state index contributed by atoms with van der Waals surface area (Å²) < 4.78 is 0. The number of aromatic amines is 1. The van der Waals surface area contributed by atoms with Crippen molar-refractivity contribution in [2.24, 2.45) is 0 Å². The maximum atomic E-state index is 12.4. The van der Waals surface area contributed by atoms with Crippen LogP contribution in [0.25, 0.3) is 10.9 Å². The number of para-hydroxylation sites is 1. The number of hydrogen-bond donors (Lipinski definition) is 2. The number of nitro benzene ring substituents is 1. The Morgan fingerprint density at radius 3 is 2.57 bits per heavy atom. The van der Waals surface area contributed by atoms with Gasteiger partial charge < -0.3 is 10.3 Å². The summed E-state index contributed by atoms with van der Waals surface area (Å²) in [4.78, 5) is 26.0. The average molecular weight is 315 g/mol. The fourth-order valence-electron chi connectivity index (χ4n) is 3.28. The summed E-state index contributed by atoms with van der Waals surface area (Å²) in [5.74, 6) is -0.180. The minimum absolute atomic E-state index is 0.00694. The van der Waals surface area contributed by atoms with E-state index in [9.17, 15) is 14.9 Å². The van der Waals surface area contributed by atoms with Gasteiger partial charge in [0.05, 0.1) is 4.92 Å². The fraction of sp³-hybridized carbons (Fsp3) is 0.471. The van der Waals surface area contributed by atoms with Crippen LogP contribution in [0.2, 0.25) is 0 Å². The van der Waals surface area contributed by atoms with Crippen molar-refractivity contribution in [2.75, 3.05) is 0 Å². The molecule has 23 heavy (non-hydrogen) atoms. The lowest BCUT2D eigenvalue weighted by molar-refractivity contribution is -0.383. The Bertz CT molecular complexity index is 715. The molecule has 0 unspecified atom stereocenters. The number of benzene rings is 1. The van der Waals surface area contributed by atoms with Gasteiger partial charge in [-0.05, 0) is 18.9 Å². The lowest BCUT2D eigenvalue weighted by Gasteiger charge is -2.20. The molecular formula is C17H21N3O3. The molecule has 0 saturated heterocycles. The predicted octanol–water partition coefficient (Wildman–Crippen LogP) is 3.92. The van der Waals surface area contributed by atoms with Crippen molar-refractivity contribution < 1.29 is 9.72 Å². The van der Waals surface area contributed by atoms with E-state index in [2.05, 4.69) is 10.3 Å². The monoisotopic (exact) mass is 315 g/mol. The number of nitrogens with one attached hydrogen (secondary N) is 2. The molecule has 1 saturated carbocycles. The molecule has 1 aromatic carbocycles. The van der Waals surface area contributed by atoms with Crippen LogP contribution in [0, 0.1) is 10.1 Å². The molecule has 2 N–H and O–H groups in total. The molecule has 6 heteroatoms. The number of aromatic nitrogens is 1. The number of H-pyrrole nitrogens is 1. The number of non-ortho nitro benzene ring substituents is 1. The third kappa shape index (κ3) is 3.52. The smallest absolute Gasteiger partial charge is 0.293 e. The molecule has 2 aromatic rings. The van der Waals surface area contributed by atoms with Crippen LogP contribution >= 0.6 is 0 Å². The molecule has 0 radical (unpaired) electrons. The normalized spacial score (nSPS) is 16.7. The zero-order valence-corrected chi connectivity index (χ0v) is 13.0. The summed E-state index contributed by atoms with van der Waals surface area (Å²) in [6, 6.07) is 6.72. The summed E-state index contributed by atoms with van der Waals surface area (Å²) in [5.41, 5.74) is 0.782. The van der Waals surface area contributed by atoms with Gasteiger partial charge in [-0.2, -0.15) is 0 Å². The lowest BCUT2D eigenvalue weighted by Crippen LogP contribution is -2.35. The first kappa shape index (κ1) is 15.5. The van der Waals surface area contributed by atoms with E-state index in [4.69, 9.17) is 0 Å². The zero-order chi connectivity index (χ0) is 16.2. The van der Waals surface area contributed by atoms with Gasteiger partial charge in [-0.3, -0.25) is 14.9 Å². The Balaban J connectivity index is 1.78. The van der Waals surface area contributed by atoms with E-state index in [-0.39, 0.29) is 17.6 Å². The highest BCUT2D eigenvalue weighted by Gasteiger charge is 2.19. The highest BCUT2D eigenvalue weighted by atomic mass is 16.6. The molecular weight excluding hydrogens is 294 g/mol. The van der Waals surface area contributed by atoms with Crippen molar-refractivity contribution >= 4 is 22.5 Å². The molecule has 0 spiro atoms. The van der Waals surface area contributed by atoms with E-state index in [0.717, 1.165) is 25.7 Å². The van der Waals surface area contributed by atoms with Gasteiger partial charge in [0.25, 0.3) is 11.6 Å². The zero-order valence-electron chi connectivity index (χ0n) is 13.0. The maximum absolute atomic E-state index is 12.4. The number of rotatable bonds is 3. The molecule has 6 nitrogen and oxygen atoms in total. The van der Waals surface area contributed by atoms with Crippen LogP contribution in [0.5, 0.6) is 0 Å². The van der Waals surface area contributed by atoms with Crippen molar-refractivity contribution in [2.45, 2.75) is 51.0 Å². The standard InChI is InChI=1S/C17H21N3O3/c21-17(18-13-8-4-2-1-3-5-9-13)14-11-12-7-6-10-15(20(22)23)16(12)19-14/h6-7,10-11,13,19H,1-5,8-9H2,(H,18,21). The molecule has 1 amide bonds. The largest absolute Gasteiger partial charge is 0.348 e. The predicted molar refractivity (Wildman–Crippen MR) is 88.5 cm³/mol. The van der Waals surface area contributed by atoms with Crippen LogP contribution in [0.4, 0.5) is 5.69 Å². The molecule has 1 heterocycles. The highest BCUT2D eigenvalue weighted by Crippen LogP contribution is 2.25. The van der Waals surface area contributed by atoms with Crippen molar-refractivity contribution in [3.05, 3.63) is 40.1 Å². The van der Waals surface area contributed by atoms with E-state index in [1.807, 2.05) is 0 Å². The van der Waals surface area contributed by atoms with Gasteiger partial charge in [0.15, 0.2) is 0 Å². The first-order valence-corrected chi connectivity index (χ1v) is 8.22. The van der Waals surface area contributed by atoms with Crippen molar-refractivity contribution in [1.29, 1.82) is 0 Å². The number of amides is 1. The van der Waals surface area contributed by atoms with Gasteiger partial charge in [-0.25, -0.2) is 0 Å². The Morgan fingerprint density at radius 2 is 1.87 bits per heavy atom. The van der Waals surface area contributed by atoms with Gasteiger partial charge in [0, 0.05) is 17.5 Å². The van der Waals surface area contributed by atoms with Gasteiger partial charge in [-0.15, -0.1) is 0 Å². The first-order chi connectivity index (χ1) is 11.1. The van der Waals surface area contributed by atoms with E-state index >= 15 is 0 Å². The quantitative estimate of drug-likeness (QED) is 0.664. The first-order valence-electron chi connectivity index (χ1n) is 8.22. The molecule has 3 rings (SSSR count). The van der Waals surface area contributed by atoms with Crippen molar-refractivity contribution in [1.82, 2.24) is 10.3 Å². The number of hydrogen-bond acceptors (Lipinski definition) is 3. The van der Waals surface area contributed by atoms with E-state index in [1.165, 1.54) is 25.3 Å². The summed E-state index contributed by atoms with van der Waals surface area (Å²) in [5, 5.41) is 14.8. The Kier molecular flexibility index (Phi) is 4.60. The molecule has 1 aliphatic carbocycles. The summed E-state index contributed by atoms with van der Waals surface area (Å²) >= 11 is 0. The van der Waals surface area contributed by atoms with Crippen LogP contribution in [0.15, 0.2) is 24.3 Å². The van der Waals surface area contributed by atoms with E-state index < -0.39 is 4.92 Å². The number of carbonyl (C=O) groups excluding carboxylic acids is 1. The third-order valence-electron chi connectivity index (χ3n) is 4.52. The van der Waals surface area contributed by atoms with Gasteiger partial charge in [0.1, 0.15) is 11.2 Å². The topological polar surface area (TPSA) is 88.0 Å². The van der Waals surface area contributed by atoms with Crippen LogP contribution in [0.3, 0.4) is 0 Å². The third-order valence-corrected chi connectivity index (χ3v) is 4.52. The second kappa shape index (κ2) is 6.81. The lowest BCUT2D eigenvalue weighted by atomic mass is 9.96. The minimum Gasteiger partial charge on any atom is -0.348 e. The Morgan fingerprint density at radius 1 is 1.17 bits per heavy atom. The molecule has 0 atom stereocenters. The van der Waals surface area contributed by atoms with Crippen LogP contribution in [0.1, 0.15) is 55.4 Å². The molecule has 122 valence electrons. The molecule has 0 aliphatic heterocycles. The second-order valence-corrected chi connectivity index (χ2v) is 6.20. The maximum Gasteiger partial charge on any atom is 0.293 e. The highest BCUT2D eigenvalue weighted by molar-refractivity contribution is 6.00. The summed E-state index contributed by atoms with van der Waals surface area (Å²) in [6.45, 7) is 0. The SMILES string of the molecule is O=C(NC1CCCCCCC1)c1cc2cccc([N+](=O)[O-])c2[nH]1. The second-order valence-electron chi connectivity index (χ2n) is 6.20.